The molecule has 3 nitrogen and oxygen atoms in total. The van der Waals surface area contributed by atoms with Crippen molar-refractivity contribution in [2.75, 3.05) is 26.2 Å². The molecule has 1 fully saturated rings. The van der Waals surface area contributed by atoms with Gasteiger partial charge in [0.25, 0.3) is 0 Å². The third-order valence-electron chi connectivity index (χ3n) is 3.08. The van der Waals surface area contributed by atoms with Gasteiger partial charge in [-0.1, -0.05) is 6.92 Å². The molecule has 14 heavy (non-hydrogen) atoms. The number of hydrogen-bond donors (Lipinski definition) is 2. The van der Waals surface area contributed by atoms with E-state index in [4.69, 9.17) is 5.73 Å². The minimum atomic E-state index is -0.104. The van der Waals surface area contributed by atoms with Crippen LogP contribution in [0.3, 0.4) is 0 Å². The smallest absolute Gasteiger partial charge is 0.0485 e. The van der Waals surface area contributed by atoms with Gasteiger partial charge in [0, 0.05) is 18.7 Å². The number of hydrogen-bond acceptors (Lipinski definition) is 3. The first kappa shape index (κ1) is 12.0. The van der Waals surface area contributed by atoms with E-state index in [1.54, 1.807) is 0 Å². The van der Waals surface area contributed by atoms with Crippen LogP contribution in [0.4, 0.5) is 0 Å². The molecule has 1 aliphatic rings. The lowest BCUT2D eigenvalue weighted by Crippen LogP contribution is -2.49. The van der Waals surface area contributed by atoms with Crippen molar-refractivity contribution in [3.63, 3.8) is 0 Å². The number of rotatable bonds is 3. The summed E-state index contributed by atoms with van der Waals surface area (Å²) in [4.78, 5) is 2.40. The van der Waals surface area contributed by atoms with E-state index in [-0.39, 0.29) is 11.0 Å². The predicted molar refractivity (Wildman–Crippen MR) is 59.1 cm³/mol. The lowest BCUT2D eigenvalue weighted by Gasteiger charge is -2.40. The Bertz CT molecular complexity index is 178. The lowest BCUT2D eigenvalue weighted by molar-refractivity contribution is 0.0518. The van der Waals surface area contributed by atoms with Gasteiger partial charge in [-0.15, -0.1) is 0 Å². The second-order valence-electron chi connectivity index (χ2n) is 5.73. The highest BCUT2D eigenvalue weighted by Crippen LogP contribution is 2.30. The van der Waals surface area contributed by atoms with Gasteiger partial charge in [-0.2, -0.15) is 0 Å². The van der Waals surface area contributed by atoms with Crippen LogP contribution < -0.4 is 5.73 Å². The van der Waals surface area contributed by atoms with Crippen LogP contribution in [0.5, 0.6) is 0 Å². The fourth-order valence-electron chi connectivity index (χ4n) is 1.99. The molecule has 0 aliphatic carbocycles. The first-order valence-electron chi connectivity index (χ1n) is 5.47. The highest BCUT2D eigenvalue weighted by atomic mass is 16.3. The Hall–Kier alpha value is -0.120. The molecule has 0 aromatic rings. The van der Waals surface area contributed by atoms with E-state index in [0.717, 1.165) is 32.5 Å². The van der Waals surface area contributed by atoms with Gasteiger partial charge in [-0.25, -0.2) is 0 Å². The number of likely N-dealkylation sites (tertiary alicyclic amines) is 1. The second kappa shape index (κ2) is 4.17. The highest BCUT2D eigenvalue weighted by Gasteiger charge is 2.30. The molecule has 1 rings (SSSR count). The molecule has 1 heterocycles. The Morgan fingerprint density at radius 3 is 2.21 bits per heavy atom. The van der Waals surface area contributed by atoms with Gasteiger partial charge in [-0.3, -0.25) is 0 Å². The van der Waals surface area contributed by atoms with Crippen LogP contribution in [0.2, 0.25) is 0 Å². The van der Waals surface area contributed by atoms with Crippen LogP contribution in [-0.2, 0) is 0 Å². The quantitative estimate of drug-likeness (QED) is 0.709. The minimum Gasteiger partial charge on any atom is -0.396 e. The molecule has 1 aliphatic heterocycles. The van der Waals surface area contributed by atoms with Crippen LogP contribution >= 0.6 is 0 Å². The van der Waals surface area contributed by atoms with Gasteiger partial charge in [0.15, 0.2) is 0 Å². The van der Waals surface area contributed by atoms with E-state index >= 15 is 0 Å². The van der Waals surface area contributed by atoms with Crippen molar-refractivity contribution in [3.05, 3.63) is 0 Å². The van der Waals surface area contributed by atoms with Gasteiger partial charge in [0.2, 0.25) is 0 Å². The predicted octanol–water partition coefficient (Wildman–Crippen LogP) is 0.818. The maximum Gasteiger partial charge on any atom is 0.0485 e. The molecule has 0 saturated carbocycles. The molecule has 0 aromatic carbocycles. The van der Waals surface area contributed by atoms with Crippen molar-refractivity contribution in [2.45, 2.75) is 39.2 Å². The number of nitrogens with two attached hydrogens (primary N) is 1. The summed E-state index contributed by atoms with van der Waals surface area (Å²) in [6, 6.07) is 0. The van der Waals surface area contributed by atoms with Crippen LogP contribution in [0.1, 0.15) is 33.6 Å². The summed E-state index contributed by atoms with van der Waals surface area (Å²) in [5.74, 6) is 0. The van der Waals surface area contributed by atoms with E-state index in [2.05, 4.69) is 25.7 Å². The fourth-order valence-corrected chi connectivity index (χ4v) is 1.99. The number of aliphatic hydroxyl groups is 1. The standard InChI is InChI=1S/C11H24N2O/c1-10(2,12)8-13-6-4-11(3,9-14)5-7-13/h14H,4-9,12H2,1-3H3. The van der Waals surface area contributed by atoms with Gasteiger partial charge < -0.3 is 15.7 Å². The number of piperidine rings is 1. The monoisotopic (exact) mass is 200 g/mol. The molecule has 0 unspecified atom stereocenters. The number of aliphatic hydroxyl groups excluding tert-OH is 1. The van der Waals surface area contributed by atoms with Gasteiger partial charge in [-0.05, 0) is 45.2 Å². The van der Waals surface area contributed by atoms with Crippen LogP contribution in [0, 0.1) is 5.41 Å². The van der Waals surface area contributed by atoms with Gasteiger partial charge in [0.05, 0.1) is 0 Å². The average Bonchev–Trinajstić information content (AvgIpc) is 2.07. The lowest BCUT2D eigenvalue weighted by atomic mass is 9.81. The Kier molecular flexibility index (Phi) is 3.56. The molecule has 0 radical (unpaired) electrons. The SMILES string of the molecule is CC(C)(N)CN1CCC(C)(CO)CC1. The van der Waals surface area contributed by atoms with E-state index in [0.29, 0.717) is 6.61 Å². The molecule has 3 heteroatoms. The summed E-state index contributed by atoms with van der Waals surface area (Å²) >= 11 is 0. The summed E-state index contributed by atoms with van der Waals surface area (Å²) in [5.41, 5.74) is 6.02. The fraction of sp³-hybridized carbons (Fsp3) is 1.00. The van der Waals surface area contributed by atoms with Gasteiger partial charge >= 0.3 is 0 Å². The van der Waals surface area contributed by atoms with E-state index in [9.17, 15) is 5.11 Å². The minimum absolute atomic E-state index is 0.104. The topological polar surface area (TPSA) is 49.5 Å². The Morgan fingerprint density at radius 2 is 1.86 bits per heavy atom. The van der Waals surface area contributed by atoms with Crippen molar-refractivity contribution in [1.82, 2.24) is 4.90 Å². The zero-order valence-electron chi connectivity index (χ0n) is 9.71. The maximum atomic E-state index is 9.23. The highest BCUT2D eigenvalue weighted by molar-refractivity contribution is 4.85. The summed E-state index contributed by atoms with van der Waals surface area (Å²) in [6.45, 7) is 9.69. The van der Waals surface area contributed by atoms with Crippen LogP contribution in [0.15, 0.2) is 0 Å². The summed E-state index contributed by atoms with van der Waals surface area (Å²) in [7, 11) is 0. The molecule has 1 saturated heterocycles. The molecule has 0 amide bonds. The summed E-state index contributed by atoms with van der Waals surface area (Å²) in [6.07, 6.45) is 2.17. The third kappa shape index (κ3) is 3.56. The Labute approximate surface area is 87.3 Å². The molecular weight excluding hydrogens is 176 g/mol. The van der Waals surface area contributed by atoms with Crippen LogP contribution in [0.25, 0.3) is 0 Å². The van der Waals surface area contributed by atoms with Gasteiger partial charge in [0.1, 0.15) is 0 Å². The summed E-state index contributed by atoms with van der Waals surface area (Å²) in [5, 5.41) is 9.23. The third-order valence-corrected chi connectivity index (χ3v) is 3.08. The molecular formula is C11H24N2O. The van der Waals surface area contributed by atoms with Crippen molar-refractivity contribution < 1.29 is 5.11 Å². The van der Waals surface area contributed by atoms with E-state index in [1.165, 1.54) is 0 Å². The molecule has 0 bridgehead atoms. The molecule has 84 valence electrons. The summed E-state index contributed by atoms with van der Waals surface area (Å²) < 4.78 is 0. The second-order valence-corrected chi connectivity index (χ2v) is 5.73. The largest absolute Gasteiger partial charge is 0.396 e. The zero-order valence-corrected chi connectivity index (χ0v) is 9.71. The Balaban J connectivity index is 2.36. The average molecular weight is 200 g/mol. The van der Waals surface area contributed by atoms with Crippen molar-refractivity contribution >= 4 is 0 Å². The molecule has 3 N–H and O–H groups in total. The van der Waals surface area contributed by atoms with Crippen molar-refractivity contribution in [2.24, 2.45) is 11.1 Å². The normalized spacial score (nSPS) is 23.8. The van der Waals surface area contributed by atoms with E-state index in [1.807, 2.05) is 0 Å². The van der Waals surface area contributed by atoms with Crippen molar-refractivity contribution in [3.8, 4) is 0 Å². The number of nitrogens with zero attached hydrogens (tertiary/aromatic N) is 1. The molecule has 0 spiro atoms. The van der Waals surface area contributed by atoms with E-state index < -0.39 is 0 Å². The maximum absolute atomic E-state index is 9.23. The Morgan fingerprint density at radius 1 is 1.36 bits per heavy atom. The van der Waals surface area contributed by atoms with Crippen molar-refractivity contribution in [1.29, 1.82) is 0 Å². The molecule has 0 atom stereocenters. The van der Waals surface area contributed by atoms with Crippen LogP contribution in [-0.4, -0.2) is 41.8 Å². The zero-order chi connectivity index (χ0) is 10.8. The first-order chi connectivity index (χ1) is 6.35. The first-order valence-corrected chi connectivity index (χ1v) is 5.47. The molecule has 0 aromatic heterocycles.